The predicted molar refractivity (Wildman–Crippen MR) is 172 cm³/mol. The number of carbonyl (C=O) groups excluding carboxylic acids is 3. The molecule has 2 aliphatic rings. The van der Waals surface area contributed by atoms with Crippen LogP contribution in [0.15, 0.2) is 92.0 Å². The van der Waals surface area contributed by atoms with E-state index in [1.165, 1.54) is 36.3 Å². The maximum absolute atomic E-state index is 15.0. The Morgan fingerprint density at radius 3 is 2.20 bits per heavy atom. The Balaban J connectivity index is 1.64. The van der Waals surface area contributed by atoms with Gasteiger partial charge in [-0.3, -0.25) is 14.4 Å². The van der Waals surface area contributed by atoms with Crippen molar-refractivity contribution in [1.82, 2.24) is 9.80 Å². The lowest BCUT2D eigenvalue weighted by Gasteiger charge is -2.39. The molecule has 3 atom stereocenters. The summed E-state index contributed by atoms with van der Waals surface area (Å²) in [5, 5.41) is 0. The van der Waals surface area contributed by atoms with Crippen molar-refractivity contribution < 1.29 is 33.0 Å². The van der Waals surface area contributed by atoms with Crippen LogP contribution in [0.3, 0.4) is 0 Å². The van der Waals surface area contributed by atoms with Crippen LogP contribution in [0.4, 0.5) is 10.1 Å². The maximum atomic E-state index is 15.0. The first-order valence-electron chi connectivity index (χ1n) is 15.1. The van der Waals surface area contributed by atoms with Crippen molar-refractivity contribution in [3.8, 4) is 11.5 Å². The third-order valence-corrected chi connectivity index (χ3v) is 8.21. The molecule has 0 aromatic heterocycles. The average molecular weight is 628 g/mol. The highest BCUT2D eigenvalue weighted by atomic mass is 19.1. The molecule has 0 fully saturated rings. The Hall–Kier alpha value is -4.96. The zero-order valence-corrected chi connectivity index (χ0v) is 26.2. The number of hydrogen-bond acceptors (Lipinski definition) is 6. The molecule has 9 nitrogen and oxygen atoms in total. The summed E-state index contributed by atoms with van der Waals surface area (Å²) in [6.07, 6.45) is 3.20. The summed E-state index contributed by atoms with van der Waals surface area (Å²) in [5.74, 6) is -0.911. The zero-order chi connectivity index (χ0) is 33.0. The van der Waals surface area contributed by atoms with Gasteiger partial charge in [-0.2, -0.15) is 0 Å². The molecule has 0 unspecified atom stereocenters. The Labute approximate surface area is 268 Å². The van der Waals surface area contributed by atoms with Crippen LogP contribution in [0.1, 0.15) is 46.2 Å². The zero-order valence-electron chi connectivity index (χ0n) is 26.2. The minimum atomic E-state index is -0.954. The Morgan fingerprint density at radius 1 is 0.957 bits per heavy atom. The van der Waals surface area contributed by atoms with E-state index in [4.69, 9.17) is 14.2 Å². The van der Waals surface area contributed by atoms with E-state index in [1.54, 1.807) is 52.3 Å². The fourth-order valence-corrected chi connectivity index (χ4v) is 6.26. The van der Waals surface area contributed by atoms with Gasteiger partial charge in [0.15, 0.2) is 11.5 Å². The Morgan fingerprint density at radius 2 is 1.59 bits per heavy atom. The second-order valence-electron chi connectivity index (χ2n) is 11.5. The molecule has 0 aliphatic carbocycles. The number of nitrogens with zero attached hydrogens (tertiary/aromatic N) is 3. The lowest BCUT2D eigenvalue weighted by atomic mass is 9.98. The van der Waals surface area contributed by atoms with Crippen LogP contribution in [-0.4, -0.2) is 73.2 Å². The smallest absolute Gasteiger partial charge is 0.254 e. The van der Waals surface area contributed by atoms with E-state index in [-0.39, 0.29) is 49.8 Å². The molecule has 2 heterocycles. The number of carbonyl (C=O) groups is 3. The van der Waals surface area contributed by atoms with Crippen LogP contribution in [0, 0.1) is 11.7 Å². The van der Waals surface area contributed by atoms with E-state index in [1.807, 2.05) is 26.0 Å². The molecule has 2 aliphatic heterocycles. The third-order valence-electron chi connectivity index (χ3n) is 8.21. The summed E-state index contributed by atoms with van der Waals surface area (Å²) in [4.78, 5) is 47.7. The second kappa shape index (κ2) is 14.0. The molecule has 0 spiro atoms. The molecule has 240 valence electrons. The topological polar surface area (TPSA) is 88.6 Å². The SMILES string of the molecule is C=CCN(C(=O)c1ccc(F)cc1)[C@H](C(=O)N1c2cc3c(cc2[C@H](N(CC=C)C(=O)c2ccccc2)[C@H]1COC)OCO3)C(C)C. The molecule has 0 N–H and O–H groups in total. The minimum absolute atomic E-state index is 0.0194. The van der Waals surface area contributed by atoms with E-state index in [9.17, 15) is 18.8 Å². The van der Waals surface area contributed by atoms with Crippen LogP contribution < -0.4 is 14.4 Å². The van der Waals surface area contributed by atoms with Gasteiger partial charge in [0.25, 0.3) is 17.7 Å². The summed E-state index contributed by atoms with van der Waals surface area (Å²) >= 11 is 0. The number of amides is 3. The van der Waals surface area contributed by atoms with Gasteiger partial charge in [0.1, 0.15) is 11.9 Å². The number of methoxy groups -OCH3 is 1. The van der Waals surface area contributed by atoms with Crippen molar-refractivity contribution in [2.75, 3.05) is 38.5 Å². The highest BCUT2D eigenvalue weighted by molar-refractivity contribution is 6.05. The quantitative estimate of drug-likeness (QED) is 0.242. The fourth-order valence-electron chi connectivity index (χ4n) is 6.26. The summed E-state index contributed by atoms with van der Waals surface area (Å²) in [6, 6.07) is 15.4. The molecular weight excluding hydrogens is 589 g/mol. The van der Waals surface area contributed by atoms with E-state index in [0.717, 1.165) is 0 Å². The molecule has 3 aromatic carbocycles. The highest BCUT2D eigenvalue weighted by Crippen LogP contribution is 2.50. The Kier molecular flexibility index (Phi) is 9.87. The van der Waals surface area contributed by atoms with Gasteiger partial charge in [-0.15, -0.1) is 13.2 Å². The van der Waals surface area contributed by atoms with E-state index in [0.29, 0.717) is 28.3 Å². The molecule has 0 saturated carbocycles. The van der Waals surface area contributed by atoms with Crippen LogP contribution >= 0.6 is 0 Å². The summed E-state index contributed by atoms with van der Waals surface area (Å²) in [6.45, 7) is 11.8. The maximum Gasteiger partial charge on any atom is 0.254 e. The van der Waals surface area contributed by atoms with Gasteiger partial charge in [-0.1, -0.05) is 44.2 Å². The monoisotopic (exact) mass is 627 g/mol. The molecule has 5 rings (SSSR count). The molecule has 0 bridgehead atoms. The lowest BCUT2D eigenvalue weighted by molar-refractivity contribution is -0.125. The average Bonchev–Trinajstić information content (AvgIpc) is 3.63. The molecule has 0 radical (unpaired) electrons. The summed E-state index contributed by atoms with van der Waals surface area (Å²) in [7, 11) is 1.54. The van der Waals surface area contributed by atoms with Crippen molar-refractivity contribution in [2.24, 2.45) is 5.92 Å². The number of hydrogen-bond donors (Lipinski definition) is 0. The molecule has 0 saturated heterocycles. The molecule has 3 amide bonds. The van der Waals surface area contributed by atoms with Crippen LogP contribution in [0.25, 0.3) is 0 Å². The normalized spacial score (nSPS) is 16.9. The van der Waals surface area contributed by atoms with Crippen molar-refractivity contribution >= 4 is 23.4 Å². The largest absolute Gasteiger partial charge is 0.454 e. The second-order valence-corrected chi connectivity index (χ2v) is 11.5. The minimum Gasteiger partial charge on any atom is -0.454 e. The van der Waals surface area contributed by atoms with Gasteiger partial charge in [-0.25, -0.2) is 4.39 Å². The van der Waals surface area contributed by atoms with Crippen LogP contribution in [0.5, 0.6) is 11.5 Å². The first kappa shape index (κ1) is 32.4. The first-order chi connectivity index (χ1) is 22.2. The fraction of sp³-hybridized carbons (Fsp3) is 0.306. The molecule has 10 heteroatoms. The van der Waals surface area contributed by atoms with Gasteiger partial charge in [-0.05, 0) is 48.4 Å². The van der Waals surface area contributed by atoms with Gasteiger partial charge in [0.05, 0.1) is 24.4 Å². The van der Waals surface area contributed by atoms with Crippen molar-refractivity contribution in [1.29, 1.82) is 0 Å². The number of rotatable bonds is 12. The van der Waals surface area contributed by atoms with Gasteiger partial charge in [0.2, 0.25) is 6.79 Å². The number of benzene rings is 3. The summed E-state index contributed by atoms with van der Waals surface area (Å²) < 4.78 is 30.9. The number of anilines is 1. The van der Waals surface area contributed by atoms with Gasteiger partial charge >= 0.3 is 0 Å². The third kappa shape index (κ3) is 6.12. The van der Waals surface area contributed by atoms with Crippen molar-refractivity contribution in [3.05, 3.63) is 115 Å². The van der Waals surface area contributed by atoms with Crippen molar-refractivity contribution in [2.45, 2.75) is 32.0 Å². The highest BCUT2D eigenvalue weighted by Gasteiger charge is 2.49. The first-order valence-corrected chi connectivity index (χ1v) is 15.1. The van der Waals surface area contributed by atoms with Gasteiger partial charge in [0, 0.05) is 43.0 Å². The lowest BCUT2D eigenvalue weighted by Crippen LogP contribution is -2.57. The number of fused-ring (bicyclic) bond motifs is 2. The molecular formula is C36H38FN3O6. The predicted octanol–water partition coefficient (Wildman–Crippen LogP) is 5.64. The Bertz CT molecular complexity index is 1610. The van der Waals surface area contributed by atoms with Gasteiger partial charge < -0.3 is 28.9 Å². The van der Waals surface area contributed by atoms with E-state index >= 15 is 0 Å². The van der Waals surface area contributed by atoms with E-state index < -0.39 is 29.8 Å². The van der Waals surface area contributed by atoms with Crippen LogP contribution in [0.2, 0.25) is 0 Å². The standard InChI is InChI=1S/C36H38FN3O6/c1-6-17-38(35(42)25-13-15-26(37)16-14-25)32(23(3)4)36(43)40-28-20-31-30(45-22-46-31)19-27(28)33(29(40)21-44-5)39(18-7-2)34(41)24-11-9-8-10-12-24/h6-16,19-20,23,29,32-33H,1-2,17-18,21-22H2,3-5H3/t29-,32+,33+/m1/s1. The van der Waals surface area contributed by atoms with Crippen LogP contribution in [-0.2, 0) is 9.53 Å². The summed E-state index contributed by atoms with van der Waals surface area (Å²) in [5.41, 5.74) is 1.92. The number of ether oxygens (including phenoxy) is 3. The molecule has 3 aromatic rings. The van der Waals surface area contributed by atoms with E-state index in [2.05, 4.69) is 13.2 Å². The van der Waals surface area contributed by atoms with Crippen molar-refractivity contribution in [3.63, 3.8) is 0 Å². The number of halogens is 1. The molecule has 46 heavy (non-hydrogen) atoms.